The SMILES string of the molecule is CCC(Nc1ccc(C(N)=O)c(Nc2cccc3c2ccn3C)n1)C(N)=O. The minimum Gasteiger partial charge on any atom is -0.368 e. The average molecular weight is 366 g/mol. The summed E-state index contributed by atoms with van der Waals surface area (Å²) in [5.41, 5.74) is 13.0. The molecular formula is C19H22N6O2. The zero-order chi connectivity index (χ0) is 19.6. The van der Waals surface area contributed by atoms with Crippen LogP contribution in [-0.2, 0) is 11.8 Å². The maximum absolute atomic E-state index is 11.8. The molecule has 0 fully saturated rings. The van der Waals surface area contributed by atoms with Crippen molar-refractivity contribution in [2.75, 3.05) is 10.6 Å². The number of hydrogen-bond donors (Lipinski definition) is 4. The number of aryl methyl sites for hydroxylation is 1. The first-order valence-corrected chi connectivity index (χ1v) is 8.58. The third kappa shape index (κ3) is 3.69. The second-order valence-electron chi connectivity index (χ2n) is 6.25. The van der Waals surface area contributed by atoms with E-state index in [1.54, 1.807) is 12.1 Å². The lowest BCUT2D eigenvalue weighted by Gasteiger charge is -2.16. The molecule has 2 heterocycles. The Hall–Kier alpha value is -3.55. The van der Waals surface area contributed by atoms with E-state index >= 15 is 0 Å². The van der Waals surface area contributed by atoms with E-state index in [2.05, 4.69) is 15.6 Å². The van der Waals surface area contributed by atoms with Gasteiger partial charge in [0.15, 0.2) is 0 Å². The second kappa shape index (κ2) is 7.36. The van der Waals surface area contributed by atoms with Gasteiger partial charge >= 0.3 is 0 Å². The second-order valence-corrected chi connectivity index (χ2v) is 6.25. The minimum absolute atomic E-state index is 0.251. The molecule has 3 rings (SSSR count). The van der Waals surface area contributed by atoms with Gasteiger partial charge in [-0.1, -0.05) is 13.0 Å². The molecule has 27 heavy (non-hydrogen) atoms. The predicted octanol–water partition coefficient (Wildman–Crippen LogP) is 2.09. The number of nitrogens with zero attached hydrogens (tertiary/aromatic N) is 2. The topological polar surface area (TPSA) is 128 Å². The van der Waals surface area contributed by atoms with Crippen molar-refractivity contribution in [2.45, 2.75) is 19.4 Å². The van der Waals surface area contributed by atoms with Gasteiger partial charge in [-0.15, -0.1) is 0 Å². The fourth-order valence-electron chi connectivity index (χ4n) is 2.93. The van der Waals surface area contributed by atoms with Crippen LogP contribution in [0, 0.1) is 0 Å². The van der Waals surface area contributed by atoms with Crippen molar-refractivity contribution in [2.24, 2.45) is 18.5 Å². The molecule has 2 amide bonds. The zero-order valence-corrected chi connectivity index (χ0v) is 15.2. The molecule has 0 saturated carbocycles. The number of benzene rings is 1. The number of amides is 2. The lowest BCUT2D eigenvalue weighted by Crippen LogP contribution is -2.35. The van der Waals surface area contributed by atoms with E-state index < -0.39 is 17.9 Å². The first kappa shape index (κ1) is 18.2. The Morgan fingerprint density at radius 3 is 2.63 bits per heavy atom. The number of nitrogens with two attached hydrogens (primary N) is 2. The largest absolute Gasteiger partial charge is 0.368 e. The van der Waals surface area contributed by atoms with Gasteiger partial charge in [0.25, 0.3) is 5.91 Å². The Labute approximate surface area is 156 Å². The normalized spacial score (nSPS) is 11.9. The van der Waals surface area contributed by atoms with Gasteiger partial charge in [0.1, 0.15) is 17.7 Å². The lowest BCUT2D eigenvalue weighted by atomic mass is 10.2. The highest BCUT2D eigenvalue weighted by Crippen LogP contribution is 2.28. The third-order valence-electron chi connectivity index (χ3n) is 4.42. The van der Waals surface area contributed by atoms with Crippen molar-refractivity contribution in [1.29, 1.82) is 0 Å². The van der Waals surface area contributed by atoms with E-state index in [0.717, 1.165) is 16.6 Å². The van der Waals surface area contributed by atoms with Crippen LogP contribution < -0.4 is 22.1 Å². The summed E-state index contributed by atoms with van der Waals surface area (Å²) in [5, 5.41) is 7.15. The Bertz CT molecular complexity index is 1010. The molecule has 140 valence electrons. The van der Waals surface area contributed by atoms with Crippen molar-refractivity contribution < 1.29 is 9.59 Å². The molecule has 0 bridgehead atoms. The van der Waals surface area contributed by atoms with Crippen LogP contribution >= 0.6 is 0 Å². The van der Waals surface area contributed by atoms with Gasteiger partial charge in [0, 0.05) is 29.8 Å². The first-order valence-electron chi connectivity index (χ1n) is 8.58. The molecule has 0 saturated heterocycles. The van der Waals surface area contributed by atoms with E-state index in [1.165, 1.54) is 0 Å². The molecule has 6 N–H and O–H groups in total. The highest BCUT2D eigenvalue weighted by Gasteiger charge is 2.16. The predicted molar refractivity (Wildman–Crippen MR) is 106 cm³/mol. The molecule has 8 heteroatoms. The number of carbonyl (C=O) groups is 2. The quantitative estimate of drug-likeness (QED) is 0.509. The fraction of sp³-hybridized carbons (Fsp3) is 0.211. The summed E-state index contributed by atoms with van der Waals surface area (Å²) in [6.45, 7) is 1.84. The number of anilines is 3. The van der Waals surface area contributed by atoms with Crippen molar-refractivity contribution in [1.82, 2.24) is 9.55 Å². The molecule has 3 aromatic rings. The number of carbonyl (C=O) groups excluding carboxylic acids is 2. The molecule has 2 aromatic heterocycles. The molecular weight excluding hydrogens is 344 g/mol. The van der Waals surface area contributed by atoms with Crippen LogP contribution in [0.15, 0.2) is 42.6 Å². The molecule has 0 aliphatic heterocycles. The first-order chi connectivity index (χ1) is 12.9. The standard InChI is InChI=1S/C19H22N6O2/c1-3-13(18(21)27)22-16-8-7-12(17(20)26)19(24-16)23-14-5-4-6-15-11(14)9-10-25(15)2/h4-10,13H,3H2,1-2H3,(H2,20,26)(H2,21,27)(H2,22,23,24). The highest BCUT2D eigenvalue weighted by molar-refractivity contribution is 6.01. The van der Waals surface area contributed by atoms with E-state index in [-0.39, 0.29) is 5.56 Å². The molecule has 0 aliphatic rings. The Balaban J connectivity index is 2.00. The molecule has 0 spiro atoms. The number of hydrogen-bond acceptors (Lipinski definition) is 5. The summed E-state index contributed by atoms with van der Waals surface area (Å²) in [6, 6.07) is 10.4. The Kier molecular flexibility index (Phi) is 4.98. The van der Waals surface area contributed by atoms with Gasteiger partial charge < -0.3 is 26.7 Å². The van der Waals surface area contributed by atoms with Crippen LogP contribution in [0.2, 0.25) is 0 Å². The number of aromatic nitrogens is 2. The van der Waals surface area contributed by atoms with Gasteiger partial charge in [0.05, 0.1) is 5.56 Å². The summed E-state index contributed by atoms with van der Waals surface area (Å²) in [4.78, 5) is 27.7. The number of fused-ring (bicyclic) bond motifs is 1. The average Bonchev–Trinajstić information content (AvgIpc) is 3.01. The maximum atomic E-state index is 11.8. The van der Waals surface area contributed by atoms with Gasteiger partial charge in [0.2, 0.25) is 5.91 Å². The van der Waals surface area contributed by atoms with E-state index in [9.17, 15) is 9.59 Å². The van der Waals surface area contributed by atoms with Gasteiger partial charge in [-0.05, 0) is 36.8 Å². The van der Waals surface area contributed by atoms with Crippen LogP contribution in [-0.4, -0.2) is 27.4 Å². The lowest BCUT2D eigenvalue weighted by molar-refractivity contribution is -0.118. The molecule has 1 unspecified atom stereocenters. The van der Waals surface area contributed by atoms with Crippen molar-refractivity contribution >= 4 is 40.0 Å². The molecule has 1 atom stereocenters. The fourth-order valence-corrected chi connectivity index (χ4v) is 2.93. The van der Waals surface area contributed by atoms with Crippen LogP contribution in [0.4, 0.5) is 17.3 Å². The van der Waals surface area contributed by atoms with Crippen molar-refractivity contribution in [3.63, 3.8) is 0 Å². The van der Waals surface area contributed by atoms with Crippen molar-refractivity contribution in [3.8, 4) is 0 Å². The molecule has 0 aliphatic carbocycles. The molecule has 0 radical (unpaired) electrons. The summed E-state index contributed by atoms with van der Waals surface area (Å²) < 4.78 is 2.00. The smallest absolute Gasteiger partial charge is 0.252 e. The number of pyridine rings is 1. The number of nitrogens with one attached hydrogen (secondary N) is 2. The monoisotopic (exact) mass is 366 g/mol. The third-order valence-corrected chi connectivity index (χ3v) is 4.42. The van der Waals surface area contributed by atoms with Crippen LogP contribution in [0.5, 0.6) is 0 Å². The van der Waals surface area contributed by atoms with Crippen LogP contribution in [0.3, 0.4) is 0 Å². The molecule has 8 nitrogen and oxygen atoms in total. The van der Waals surface area contributed by atoms with E-state index in [4.69, 9.17) is 11.5 Å². The number of primary amides is 2. The number of rotatable bonds is 7. The van der Waals surface area contributed by atoms with E-state index in [0.29, 0.717) is 18.1 Å². The minimum atomic E-state index is -0.598. The van der Waals surface area contributed by atoms with Gasteiger partial charge in [-0.25, -0.2) is 4.98 Å². The van der Waals surface area contributed by atoms with E-state index in [1.807, 2.05) is 49.0 Å². The molecule has 1 aromatic carbocycles. The summed E-state index contributed by atoms with van der Waals surface area (Å²) >= 11 is 0. The van der Waals surface area contributed by atoms with Crippen LogP contribution in [0.1, 0.15) is 23.7 Å². The van der Waals surface area contributed by atoms with Crippen molar-refractivity contribution in [3.05, 3.63) is 48.2 Å². The summed E-state index contributed by atoms with van der Waals surface area (Å²) in [7, 11) is 1.96. The van der Waals surface area contributed by atoms with Crippen LogP contribution in [0.25, 0.3) is 10.9 Å². The summed E-state index contributed by atoms with van der Waals surface area (Å²) in [5.74, 6) is -0.336. The highest BCUT2D eigenvalue weighted by atomic mass is 16.1. The maximum Gasteiger partial charge on any atom is 0.252 e. The summed E-state index contributed by atoms with van der Waals surface area (Å²) in [6.07, 6.45) is 2.47. The Morgan fingerprint density at radius 1 is 1.19 bits per heavy atom. The van der Waals surface area contributed by atoms with Gasteiger partial charge in [-0.2, -0.15) is 0 Å². The Morgan fingerprint density at radius 2 is 1.96 bits per heavy atom. The zero-order valence-electron chi connectivity index (χ0n) is 15.2. The van der Waals surface area contributed by atoms with Gasteiger partial charge in [-0.3, -0.25) is 9.59 Å².